The number of hydrogen-bond donors (Lipinski definition) is 0. The number of aldehydes is 1. The van der Waals surface area contributed by atoms with Crippen molar-refractivity contribution in [2.24, 2.45) is 0 Å². The number of aryl methyl sites for hydroxylation is 1. The SMILES string of the molecule is CCOc1c(C)ccc2c(=O)c3ccc(C(C)(C)C#N)nc3n(CC=O)c12.C[O-].[Na+]. The first-order chi connectivity index (χ1) is 13.9. The summed E-state index contributed by atoms with van der Waals surface area (Å²) in [6.07, 6.45) is 0.769. The second-order valence-electron chi connectivity index (χ2n) is 6.95. The molecule has 0 aliphatic carbocycles. The van der Waals surface area contributed by atoms with Crippen LogP contribution in [0.25, 0.3) is 21.9 Å². The average molecular weight is 417 g/mol. The van der Waals surface area contributed by atoms with Crippen LogP contribution < -0.4 is 44.8 Å². The Bertz CT molecular complexity index is 1160. The fourth-order valence-corrected chi connectivity index (χ4v) is 3.19. The first-order valence-corrected chi connectivity index (χ1v) is 9.21. The van der Waals surface area contributed by atoms with Gasteiger partial charge in [0, 0.05) is 0 Å². The normalized spacial score (nSPS) is 10.6. The number of fused-ring (bicyclic) bond motifs is 2. The van der Waals surface area contributed by atoms with Crippen LogP contribution in [-0.4, -0.2) is 29.6 Å². The van der Waals surface area contributed by atoms with E-state index in [1.165, 1.54) is 0 Å². The van der Waals surface area contributed by atoms with Crippen molar-refractivity contribution < 1.29 is 44.2 Å². The third-order valence-electron chi connectivity index (χ3n) is 4.68. The average Bonchev–Trinajstić information content (AvgIpc) is 2.74. The van der Waals surface area contributed by atoms with Crippen molar-refractivity contribution >= 4 is 28.2 Å². The number of nitriles is 1. The monoisotopic (exact) mass is 417 g/mol. The number of nitrogens with zero attached hydrogens (tertiary/aromatic N) is 3. The summed E-state index contributed by atoms with van der Waals surface area (Å²) in [4.78, 5) is 29.1. The summed E-state index contributed by atoms with van der Waals surface area (Å²) in [5.74, 6) is 0.572. The molecule has 152 valence electrons. The van der Waals surface area contributed by atoms with Crippen molar-refractivity contribution in [2.45, 2.75) is 39.7 Å². The summed E-state index contributed by atoms with van der Waals surface area (Å²) < 4.78 is 7.51. The Morgan fingerprint density at radius 1 is 1.23 bits per heavy atom. The molecule has 3 rings (SSSR count). The second-order valence-corrected chi connectivity index (χ2v) is 6.95. The van der Waals surface area contributed by atoms with Crippen LogP contribution in [0.2, 0.25) is 0 Å². The van der Waals surface area contributed by atoms with Gasteiger partial charge in [0.15, 0.2) is 5.43 Å². The molecule has 0 unspecified atom stereocenters. The molecule has 0 bridgehead atoms. The molecule has 0 spiro atoms. The molecular formula is C22H24N3NaO4. The van der Waals surface area contributed by atoms with Crippen LogP contribution in [0.3, 0.4) is 0 Å². The molecule has 0 radical (unpaired) electrons. The minimum atomic E-state index is -0.819. The van der Waals surface area contributed by atoms with Gasteiger partial charge in [0.2, 0.25) is 0 Å². The molecule has 0 aliphatic rings. The predicted octanol–water partition coefficient (Wildman–Crippen LogP) is -0.763. The molecular weight excluding hydrogens is 393 g/mol. The predicted molar refractivity (Wildman–Crippen MR) is 110 cm³/mol. The van der Waals surface area contributed by atoms with E-state index < -0.39 is 5.41 Å². The van der Waals surface area contributed by atoms with Crippen LogP contribution in [0, 0.1) is 18.3 Å². The number of ether oxygens (including phenoxy) is 1. The van der Waals surface area contributed by atoms with Gasteiger partial charge in [-0.05, 0) is 51.5 Å². The molecule has 0 fully saturated rings. The molecule has 7 nitrogen and oxygen atoms in total. The van der Waals surface area contributed by atoms with Gasteiger partial charge in [-0.1, -0.05) is 6.07 Å². The van der Waals surface area contributed by atoms with E-state index in [4.69, 9.17) is 9.84 Å². The molecule has 0 N–H and O–H groups in total. The quantitative estimate of drug-likeness (QED) is 0.307. The largest absolute Gasteiger partial charge is 1.00 e. The van der Waals surface area contributed by atoms with E-state index in [1.807, 2.05) is 19.9 Å². The van der Waals surface area contributed by atoms with Gasteiger partial charge >= 0.3 is 29.6 Å². The minimum absolute atomic E-state index is 0. The maximum Gasteiger partial charge on any atom is 1.00 e. The maximum atomic E-state index is 13.1. The Hall–Kier alpha value is -2.24. The standard InChI is InChI=1S/C21H21N3O3.CH3O.Na/c1-5-27-19-13(2)6-7-14-17(19)24(10-11-25)20-15(18(14)26)8-9-16(23-20)21(3,4)12-22;1-2;/h6-9,11H,5,10H2,1-4H3;1H3;/q;-1;+1. The summed E-state index contributed by atoms with van der Waals surface area (Å²) in [5.41, 5.74) is 1.36. The van der Waals surface area contributed by atoms with E-state index in [0.717, 1.165) is 19.0 Å². The Kier molecular flexibility index (Phi) is 9.19. The van der Waals surface area contributed by atoms with Crippen molar-refractivity contribution in [1.82, 2.24) is 9.55 Å². The number of benzene rings is 1. The van der Waals surface area contributed by atoms with Crippen molar-refractivity contribution in [2.75, 3.05) is 13.7 Å². The number of carbonyl (C=O) groups excluding carboxylic acids is 1. The van der Waals surface area contributed by atoms with E-state index in [2.05, 4.69) is 11.1 Å². The molecule has 0 saturated carbocycles. The van der Waals surface area contributed by atoms with Gasteiger partial charge in [-0.15, -0.1) is 0 Å². The smallest absolute Gasteiger partial charge is 0.857 e. The number of rotatable bonds is 5. The summed E-state index contributed by atoms with van der Waals surface area (Å²) >= 11 is 0. The van der Waals surface area contributed by atoms with Crippen molar-refractivity contribution in [3.8, 4) is 11.8 Å². The van der Waals surface area contributed by atoms with Crippen LogP contribution in [-0.2, 0) is 16.8 Å². The fourth-order valence-electron chi connectivity index (χ4n) is 3.19. The van der Waals surface area contributed by atoms with Crippen LogP contribution in [0.1, 0.15) is 32.0 Å². The van der Waals surface area contributed by atoms with Crippen LogP contribution in [0.15, 0.2) is 29.1 Å². The Morgan fingerprint density at radius 2 is 1.87 bits per heavy atom. The van der Waals surface area contributed by atoms with Gasteiger partial charge in [-0.2, -0.15) is 12.4 Å². The molecule has 3 aromatic rings. The van der Waals surface area contributed by atoms with E-state index in [1.54, 1.807) is 36.6 Å². The molecule has 8 heteroatoms. The topological polar surface area (TPSA) is 108 Å². The first-order valence-electron chi connectivity index (χ1n) is 9.21. The summed E-state index contributed by atoms with van der Waals surface area (Å²) in [6, 6.07) is 9.19. The zero-order valence-corrected chi connectivity index (χ0v) is 20.3. The number of hydrogen-bond acceptors (Lipinski definition) is 6. The van der Waals surface area contributed by atoms with Gasteiger partial charge in [0.05, 0.1) is 46.6 Å². The van der Waals surface area contributed by atoms with Crippen LogP contribution >= 0.6 is 0 Å². The summed E-state index contributed by atoms with van der Waals surface area (Å²) in [6.45, 7) is 7.75. The van der Waals surface area contributed by atoms with Crippen LogP contribution in [0.4, 0.5) is 0 Å². The van der Waals surface area contributed by atoms with Crippen molar-refractivity contribution in [3.05, 3.63) is 45.7 Å². The molecule has 2 aromatic heterocycles. The van der Waals surface area contributed by atoms with E-state index >= 15 is 0 Å². The number of carbonyl (C=O) groups is 1. The molecule has 0 saturated heterocycles. The summed E-state index contributed by atoms with van der Waals surface area (Å²) in [7, 11) is 0.750. The van der Waals surface area contributed by atoms with Crippen molar-refractivity contribution in [1.29, 1.82) is 5.26 Å². The Morgan fingerprint density at radius 3 is 2.43 bits per heavy atom. The molecule has 1 aromatic carbocycles. The molecule has 2 heterocycles. The fraction of sp³-hybridized carbons (Fsp3) is 0.364. The van der Waals surface area contributed by atoms with Gasteiger partial charge in [0.1, 0.15) is 17.7 Å². The van der Waals surface area contributed by atoms with Gasteiger partial charge in [-0.25, -0.2) is 4.98 Å². The van der Waals surface area contributed by atoms with Crippen LogP contribution in [0.5, 0.6) is 5.75 Å². The second kappa shape index (κ2) is 10.7. The Labute approximate surface area is 197 Å². The minimum Gasteiger partial charge on any atom is -0.857 e. The maximum absolute atomic E-state index is 13.1. The number of aromatic nitrogens is 2. The van der Waals surface area contributed by atoms with E-state index in [9.17, 15) is 14.9 Å². The van der Waals surface area contributed by atoms with Crippen molar-refractivity contribution in [3.63, 3.8) is 0 Å². The summed E-state index contributed by atoms with van der Waals surface area (Å²) in [5, 5.41) is 18.6. The van der Waals surface area contributed by atoms with Gasteiger partial charge < -0.3 is 19.2 Å². The molecule has 0 aliphatic heterocycles. The third kappa shape index (κ3) is 4.57. The molecule has 30 heavy (non-hydrogen) atoms. The van der Waals surface area contributed by atoms with Gasteiger partial charge in [-0.3, -0.25) is 4.79 Å². The van der Waals surface area contributed by atoms with E-state index in [0.29, 0.717) is 40.0 Å². The Balaban J connectivity index is 0.00000146. The van der Waals surface area contributed by atoms with E-state index in [-0.39, 0.29) is 41.5 Å². The first kappa shape index (κ1) is 25.8. The van der Waals surface area contributed by atoms with Gasteiger partial charge in [0.25, 0.3) is 0 Å². The zero-order valence-electron chi connectivity index (χ0n) is 18.3. The molecule has 0 atom stereocenters. The number of pyridine rings is 2. The third-order valence-corrected chi connectivity index (χ3v) is 4.68. The molecule has 0 amide bonds. The zero-order chi connectivity index (χ0) is 21.8.